The van der Waals surface area contributed by atoms with Crippen molar-refractivity contribution in [3.05, 3.63) is 29.5 Å². The number of aromatic nitrogens is 2. The first kappa shape index (κ1) is 9.49. The molecule has 0 amide bonds. The van der Waals surface area contributed by atoms with Gasteiger partial charge in [0.15, 0.2) is 0 Å². The maximum absolute atomic E-state index is 9.27. The molecule has 74 valence electrons. The minimum atomic E-state index is -0.383. The molecule has 0 aliphatic heterocycles. The first-order chi connectivity index (χ1) is 6.66. The molecule has 0 fully saturated rings. The molecule has 0 saturated heterocycles. The van der Waals surface area contributed by atoms with Crippen molar-refractivity contribution < 1.29 is 5.11 Å². The molecule has 2 aromatic rings. The molecule has 2 rings (SSSR count). The van der Waals surface area contributed by atoms with Crippen LogP contribution >= 0.6 is 11.6 Å². The summed E-state index contributed by atoms with van der Waals surface area (Å²) in [5.41, 5.74) is 1.86. The number of rotatable bonds is 2. The highest BCUT2D eigenvalue weighted by atomic mass is 35.5. The van der Waals surface area contributed by atoms with Crippen LogP contribution in [-0.4, -0.2) is 20.8 Å². The Morgan fingerprint density at radius 1 is 1.57 bits per heavy atom. The van der Waals surface area contributed by atoms with Crippen LogP contribution in [0.3, 0.4) is 0 Å². The van der Waals surface area contributed by atoms with Gasteiger partial charge in [0.1, 0.15) is 0 Å². The Morgan fingerprint density at radius 3 is 3.07 bits per heavy atom. The molecule has 14 heavy (non-hydrogen) atoms. The van der Waals surface area contributed by atoms with Gasteiger partial charge < -0.3 is 9.67 Å². The predicted molar refractivity (Wildman–Crippen MR) is 56.4 cm³/mol. The van der Waals surface area contributed by atoms with E-state index in [2.05, 4.69) is 4.98 Å². The fraction of sp³-hybridized carbons (Fsp3) is 0.300. The molecule has 1 atom stereocenters. The van der Waals surface area contributed by atoms with Crippen molar-refractivity contribution in [2.45, 2.75) is 19.6 Å². The van der Waals surface area contributed by atoms with Crippen LogP contribution in [0.25, 0.3) is 11.0 Å². The van der Waals surface area contributed by atoms with Gasteiger partial charge in [-0.25, -0.2) is 4.98 Å². The molecule has 1 aromatic carbocycles. The zero-order chi connectivity index (χ0) is 10.1. The van der Waals surface area contributed by atoms with Crippen LogP contribution in [0.2, 0.25) is 5.02 Å². The minimum absolute atomic E-state index is 0.383. The summed E-state index contributed by atoms with van der Waals surface area (Å²) in [7, 11) is 0. The Bertz CT molecular complexity index is 450. The lowest BCUT2D eigenvalue weighted by atomic mass is 10.3. The van der Waals surface area contributed by atoms with E-state index in [1.807, 2.05) is 22.8 Å². The van der Waals surface area contributed by atoms with Crippen LogP contribution in [0.15, 0.2) is 24.5 Å². The van der Waals surface area contributed by atoms with Crippen molar-refractivity contribution in [1.29, 1.82) is 0 Å². The normalized spacial score (nSPS) is 13.4. The van der Waals surface area contributed by atoms with Crippen molar-refractivity contribution in [3.8, 4) is 0 Å². The van der Waals surface area contributed by atoms with Crippen LogP contribution in [-0.2, 0) is 6.54 Å². The van der Waals surface area contributed by atoms with Gasteiger partial charge in [0.25, 0.3) is 0 Å². The molecule has 0 unspecified atom stereocenters. The van der Waals surface area contributed by atoms with Crippen molar-refractivity contribution in [3.63, 3.8) is 0 Å². The van der Waals surface area contributed by atoms with Gasteiger partial charge in [-0.15, -0.1) is 0 Å². The summed E-state index contributed by atoms with van der Waals surface area (Å²) >= 11 is 5.88. The van der Waals surface area contributed by atoms with Crippen LogP contribution in [0.4, 0.5) is 0 Å². The molecule has 0 aliphatic carbocycles. The fourth-order valence-corrected chi connectivity index (χ4v) is 1.63. The highest BCUT2D eigenvalue weighted by Gasteiger charge is 2.04. The van der Waals surface area contributed by atoms with Crippen LogP contribution in [0.1, 0.15) is 6.92 Å². The average molecular weight is 211 g/mol. The Hall–Kier alpha value is -1.06. The smallest absolute Gasteiger partial charge is 0.0959 e. The number of nitrogens with zero attached hydrogens (tertiary/aromatic N) is 2. The third kappa shape index (κ3) is 1.74. The molecule has 0 bridgehead atoms. The summed E-state index contributed by atoms with van der Waals surface area (Å²) in [5.74, 6) is 0. The van der Waals surface area contributed by atoms with E-state index in [4.69, 9.17) is 11.6 Å². The third-order valence-electron chi connectivity index (χ3n) is 2.04. The molecular formula is C10H11ClN2O. The van der Waals surface area contributed by atoms with Gasteiger partial charge in [-0.1, -0.05) is 11.6 Å². The topological polar surface area (TPSA) is 38.0 Å². The SMILES string of the molecule is C[C@H](O)Cn1cnc2ccc(Cl)cc21. The molecular weight excluding hydrogens is 200 g/mol. The molecule has 1 N–H and O–H groups in total. The standard InChI is InChI=1S/C10H11ClN2O/c1-7(14)5-13-6-12-9-3-2-8(11)4-10(9)13/h2-4,6-7,14H,5H2,1H3/t7-/m0/s1. The lowest BCUT2D eigenvalue weighted by Gasteiger charge is -2.06. The summed E-state index contributed by atoms with van der Waals surface area (Å²) < 4.78 is 1.89. The summed E-state index contributed by atoms with van der Waals surface area (Å²) in [5, 5.41) is 9.96. The van der Waals surface area contributed by atoms with Gasteiger partial charge in [-0.05, 0) is 25.1 Å². The summed E-state index contributed by atoms with van der Waals surface area (Å²) in [6.07, 6.45) is 1.33. The van der Waals surface area contributed by atoms with E-state index in [-0.39, 0.29) is 6.10 Å². The number of aliphatic hydroxyl groups excluding tert-OH is 1. The molecule has 0 saturated carbocycles. The first-order valence-electron chi connectivity index (χ1n) is 4.45. The minimum Gasteiger partial charge on any atom is -0.392 e. The maximum atomic E-state index is 9.27. The average Bonchev–Trinajstić information content (AvgIpc) is 2.47. The van der Waals surface area contributed by atoms with E-state index in [0.29, 0.717) is 11.6 Å². The highest BCUT2D eigenvalue weighted by molar-refractivity contribution is 6.31. The molecule has 0 spiro atoms. The lowest BCUT2D eigenvalue weighted by Crippen LogP contribution is -2.10. The second-order valence-corrected chi connectivity index (χ2v) is 3.82. The zero-order valence-electron chi connectivity index (χ0n) is 7.81. The Labute approximate surface area is 86.9 Å². The van der Waals surface area contributed by atoms with E-state index in [1.165, 1.54) is 0 Å². The van der Waals surface area contributed by atoms with E-state index < -0.39 is 0 Å². The van der Waals surface area contributed by atoms with Crippen molar-refractivity contribution in [2.24, 2.45) is 0 Å². The second-order valence-electron chi connectivity index (χ2n) is 3.38. The van der Waals surface area contributed by atoms with Crippen LogP contribution < -0.4 is 0 Å². The summed E-state index contributed by atoms with van der Waals surface area (Å²) in [6, 6.07) is 5.53. The van der Waals surface area contributed by atoms with Crippen molar-refractivity contribution >= 4 is 22.6 Å². The summed E-state index contributed by atoms with van der Waals surface area (Å²) in [4.78, 5) is 4.21. The lowest BCUT2D eigenvalue weighted by molar-refractivity contribution is 0.175. The van der Waals surface area contributed by atoms with Gasteiger partial charge >= 0.3 is 0 Å². The van der Waals surface area contributed by atoms with Crippen LogP contribution in [0, 0.1) is 0 Å². The van der Waals surface area contributed by atoms with Crippen molar-refractivity contribution in [2.75, 3.05) is 0 Å². The number of aliphatic hydroxyl groups is 1. The molecule has 0 aliphatic rings. The molecule has 3 nitrogen and oxygen atoms in total. The van der Waals surface area contributed by atoms with E-state index in [9.17, 15) is 5.11 Å². The number of fused-ring (bicyclic) bond motifs is 1. The van der Waals surface area contributed by atoms with Gasteiger partial charge in [0.2, 0.25) is 0 Å². The Kier molecular flexibility index (Phi) is 2.44. The highest BCUT2D eigenvalue weighted by Crippen LogP contribution is 2.18. The monoisotopic (exact) mass is 210 g/mol. The number of benzene rings is 1. The van der Waals surface area contributed by atoms with Gasteiger partial charge in [0.05, 0.1) is 23.5 Å². The van der Waals surface area contributed by atoms with E-state index in [0.717, 1.165) is 11.0 Å². The van der Waals surface area contributed by atoms with Crippen LogP contribution in [0.5, 0.6) is 0 Å². The molecule has 0 radical (unpaired) electrons. The number of hydrogen-bond acceptors (Lipinski definition) is 2. The van der Waals surface area contributed by atoms with Gasteiger partial charge in [-0.2, -0.15) is 0 Å². The Morgan fingerprint density at radius 2 is 2.36 bits per heavy atom. The quantitative estimate of drug-likeness (QED) is 0.824. The first-order valence-corrected chi connectivity index (χ1v) is 4.83. The zero-order valence-corrected chi connectivity index (χ0v) is 8.57. The van der Waals surface area contributed by atoms with E-state index in [1.54, 1.807) is 13.3 Å². The van der Waals surface area contributed by atoms with Gasteiger partial charge in [-0.3, -0.25) is 0 Å². The number of halogens is 1. The van der Waals surface area contributed by atoms with E-state index >= 15 is 0 Å². The number of hydrogen-bond donors (Lipinski definition) is 1. The summed E-state index contributed by atoms with van der Waals surface area (Å²) in [6.45, 7) is 2.28. The number of imidazole rings is 1. The largest absolute Gasteiger partial charge is 0.392 e. The molecule has 4 heteroatoms. The van der Waals surface area contributed by atoms with Crippen molar-refractivity contribution in [1.82, 2.24) is 9.55 Å². The predicted octanol–water partition coefficient (Wildman–Crippen LogP) is 2.07. The molecule has 1 aromatic heterocycles. The maximum Gasteiger partial charge on any atom is 0.0959 e. The second kappa shape index (κ2) is 3.59. The van der Waals surface area contributed by atoms with Gasteiger partial charge in [0, 0.05) is 11.6 Å². The third-order valence-corrected chi connectivity index (χ3v) is 2.28. The molecule has 1 heterocycles. The fourth-order valence-electron chi connectivity index (χ4n) is 1.46. The Balaban J connectivity index is 2.50.